The third-order valence-electron chi connectivity index (χ3n) is 5.23. The first-order chi connectivity index (χ1) is 13.3. The van der Waals surface area contributed by atoms with Crippen LogP contribution in [0.4, 0.5) is 0 Å². The van der Waals surface area contributed by atoms with Gasteiger partial charge < -0.3 is 8.98 Å². The minimum absolute atomic E-state index is 0.233. The minimum Gasteiger partial charge on any atom is -0.440 e. The quantitative estimate of drug-likeness (QED) is 0.497. The zero-order valence-corrected chi connectivity index (χ0v) is 16.0. The molecule has 4 heterocycles. The van der Waals surface area contributed by atoms with Gasteiger partial charge in [-0.2, -0.15) is 0 Å². The Balaban J connectivity index is 1.49. The SMILES string of the molecule is Cc1oc(-c2cccs2)nc1CN1CCn2cccc2C1c1ccccc1. The maximum Gasteiger partial charge on any atom is 0.236 e. The lowest BCUT2D eigenvalue weighted by Gasteiger charge is -2.37. The third-order valence-corrected chi connectivity index (χ3v) is 6.09. The van der Waals surface area contributed by atoms with Crippen LogP contribution >= 0.6 is 11.3 Å². The molecule has 0 N–H and O–H groups in total. The van der Waals surface area contributed by atoms with Crippen molar-refractivity contribution >= 4 is 11.3 Å². The molecule has 136 valence electrons. The van der Waals surface area contributed by atoms with Crippen LogP contribution in [0.1, 0.15) is 28.8 Å². The van der Waals surface area contributed by atoms with E-state index >= 15 is 0 Å². The van der Waals surface area contributed by atoms with Crippen molar-refractivity contribution in [3.8, 4) is 10.8 Å². The third kappa shape index (κ3) is 3.03. The average Bonchev–Trinajstić information content (AvgIpc) is 3.43. The number of aryl methyl sites for hydroxylation is 1. The summed E-state index contributed by atoms with van der Waals surface area (Å²) in [6.07, 6.45) is 2.18. The number of oxazole rings is 1. The Hall–Kier alpha value is -2.63. The molecule has 0 spiro atoms. The molecule has 4 aromatic rings. The van der Waals surface area contributed by atoms with Gasteiger partial charge in [0.15, 0.2) is 0 Å². The molecule has 1 aromatic carbocycles. The van der Waals surface area contributed by atoms with E-state index in [1.54, 1.807) is 11.3 Å². The van der Waals surface area contributed by atoms with E-state index in [9.17, 15) is 0 Å². The fourth-order valence-electron chi connectivity index (χ4n) is 3.89. The highest BCUT2D eigenvalue weighted by Crippen LogP contribution is 2.34. The monoisotopic (exact) mass is 375 g/mol. The summed E-state index contributed by atoms with van der Waals surface area (Å²) < 4.78 is 8.33. The van der Waals surface area contributed by atoms with Gasteiger partial charge in [0.05, 0.1) is 16.6 Å². The van der Waals surface area contributed by atoms with Crippen LogP contribution in [0.2, 0.25) is 0 Å². The van der Waals surface area contributed by atoms with Gasteiger partial charge in [-0.1, -0.05) is 36.4 Å². The first-order valence-electron chi connectivity index (χ1n) is 9.24. The Morgan fingerprint density at radius 2 is 1.96 bits per heavy atom. The number of thiophene rings is 1. The molecule has 5 rings (SSSR count). The first kappa shape index (κ1) is 16.5. The van der Waals surface area contributed by atoms with Crippen LogP contribution < -0.4 is 0 Å². The van der Waals surface area contributed by atoms with Gasteiger partial charge in [0, 0.05) is 31.5 Å². The van der Waals surface area contributed by atoms with Crippen LogP contribution in [0.3, 0.4) is 0 Å². The topological polar surface area (TPSA) is 34.2 Å². The first-order valence-corrected chi connectivity index (χ1v) is 10.1. The molecule has 1 unspecified atom stereocenters. The van der Waals surface area contributed by atoms with Gasteiger partial charge in [-0.3, -0.25) is 4.90 Å². The molecule has 0 saturated carbocycles. The Morgan fingerprint density at radius 3 is 2.78 bits per heavy atom. The van der Waals surface area contributed by atoms with E-state index in [1.165, 1.54) is 11.3 Å². The number of nitrogens with zero attached hydrogens (tertiary/aromatic N) is 3. The summed E-state index contributed by atoms with van der Waals surface area (Å²) in [6, 6.07) is 19.4. The lowest BCUT2D eigenvalue weighted by molar-refractivity contribution is 0.172. The maximum atomic E-state index is 5.96. The zero-order valence-electron chi connectivity index (χ0n) is 15.2. The summed E-state index contributed by atoms with van der Waals surface area (Å²) in [5, 5.41) is 2.05. The molecule has 1 atom stereocenters. The van der Waals surface area contributed by atoms with Crippen molar-refractivity contribution in [1.29, 1.82) is 0 Å². The molecule has 4 nitrogen and oxygen atoms in total. The van der Waals surface area contributed by atoms with Crippen LogP contribution in [0.25, 0.3) is 10.8 Å². The van der Waals surface area contributed by atoms with Crippen molar-refractivity contribution in [1.82, 2.24) is 14.5 Å². The molecule has 0 radical (unpaired) electrons. The van der Waals surface area contributed by atoms with E-state index < -0.39 is 0 Å². The Morgan fingerprint density at radius 1 is 1.07 bits per heavy atom. The van der Waals surface area contributed by atoms with Crippen LogP contribution in [0.15, 0.2) is 70.6 Å². The van der Waals surface area contributed by atoms with Gasteiger partial charge in [-0.25, -0.2) is 4.98 Å². The second-order valence-corrected chi connectivity index (χ2v) is 7.86. The molecule has 0 amide bonds. The lowest BCUT2D eigenvalue weighted by atomic mass is 9.99. The molecular weight excluding hydrogens is 354 g/mol. The van der Waals surface area contributed by atoms with Crippen LogP contribution in [-0.4, -0.2) is 21.0 Å². The number of hydrogen-bond donors (Lipinski definition) is 0. The number of fused-ring (bicyclic) bond motifs is 1. The number of aromatic nitrogens is 2. The zero-order chi connectivity index (χ0) is 18.2. The molecule has 0 aliphatic carbocycles. The van der Waals surface area contributed by atoms with Crippen LogP contribution in [0.5, 0.6) is 0 Å². The molecule has 27 heavy (non-hydrogen) atoms. The second-order valence-electron chi connectivity index (χ2n) is 6.91. The fourth-order valence-corrected chi connectivity index (χ4v) is 4.54. The minimum atomic E-state index is 0.233. The van der Waals surface area contributed by atoms with Gasteiger partial charge in [0.1, 0.15) is 5.76 Å². The number of benzene rings is 1. The summed E-state index contributed by atoms with van der Waals surface area (Å²) in [5.74, 6) is 1.64. The van der Waals surface area contributed by atoms with E-state index in [0.29, 0.717) is 0 Å². The second kappa shape index (κ2) is 6.83. The van der Waals surface area contributed by atoms with Crippen LogP contribution in [-0.2, 0) is 13.1 Å². The van der Waals surface area contributed by atoms with E-state index in [4.69, 9.17) is 9.40 Å². The summed E-state index contributed by atoms with van der Waals surface area (Å²) in [6.45, 7) is 4.79. The molecule has 1 aliphatic heterocycles. The smallest absolute Gasteiger partial charge is 0.236 e. The Labute approximate surface area is 162 Å². The van der Waals surface area contributed by atoms with Crippen molar-refractivity contribution < 1.29 is 4.42 Å². The normalized spacial score (nSPS) is 17.1. The van der Waals surface area contributed by atoms with Gasteiger partial charge in [0.25, 0.3) is 0 Å². The Bertz CT molecular complexity index is 1030. The van der Waals surface area contributed by atoms with E-state index in [2.05, 4.69) is 69.6 Å². The van der Waals surface area contributed by atoms with Crippen molar-refractivity contribution in [3.63, 3.8) is 0 Å². The van der Waals surface area contributed by atoms with E-state index in [0.717, 1.165) is 41.9 Å². The van der Waals surface area contributed by atoms with E-state index in [1.807, 2.05) is 13.0 Å². The van der Waals surface area contributed by atoms with Crippen molar-refractivity contribution in [2.24, 2.45) is 0 Å². The predicted molar refractivity (Wildman–Crippen MR) is 108 cm³/mol. The fraction of sp³-hybridized carbons (Fsp3) is 0.227. The van der Waals surface area contributed by atoms with Gasteiger partial charge in [-0.15, -0.1) is 11.3 Å². The highest BCUT2D eigenvalue weighted by atomic mass is 32.1. The van der Waals surface area contributed by atoms with Gasteiger partial charge in [-0.05, 0) is 36.1 Å². The summed E-state index contributed by atoms with van der Waals surface area (Å²) in [4.78, 5) is 8.40. The van der Waals surface area contributed by atoms with Gasteiger partial charge in [0.2, 0.25) is 5.89 Å². The maximum absolute atomic E-state index is 5.96. The van der Waals surface area contributed by atoms with E-state index in [-0.39, 0.29) is 6.04 Å². The molecule has 1 aliphatic rings. The van der Waals surface area contributed by atoms with Crippen molar-refractivity contribution in [2.75, 3.05) is 6.54 Å². The Kier molecular flexibility index (Phi) is 4.19. The van der Waals surface area contributed by atoms with Gasteiger partial charge >= 0.3 is 0 Å². The van der Waals surface area contributed by atoms with Crippen LogP contribution in [0, 0.1) is 6.92 Å². The summed E-state index contributed by atoms with van der Waals surface area (Å²) in [7, 11) is 0. The standard InChI is InChI=1S/C22H21N3OS/c1-16-18(23-22(26-16)20-10-6-14-27-20)15-25-13-12-24-11-5-9-19(24)21(25)17-7-3-2-4-8-17/h2-11,14,21H,12-13,15H2,1H3. The molecule has 5 heteroatoms. The van der Waals surface area contributed by atoms with Crippen molar-refractivity contribution in [2.45, 2.75) is 26.1 Å². The lowest BCUT2D eigenvalue weighted by Crippen LogP contribution is -2.38. The highest BCUT2D eigenvalue weighted by Gasteiger charge is 2.30. The number of rotatable bonds is 4. The summed E-state index contributed by atoms with van der Waals surface area (Å²) in [5.41, 5.74) is 3.68. The molecule has 0 bridgehead atoms. The van der Waals surface area contributed by atoms with Crippen molar-refractivity contribution in [3.05, 3.63) is 88.9 Å². The molecular formula is C22H21N3OS. The average molecular weight is 375 g/mol. The molecule has 0 fully saturated rings. The largest absolute Gasteiger partial charge is 0.440 e. The predicted octanol–water partition coefficient (Wildman–Crippen LogP) is 5.12. The highest BCUT2D eigenvalue weighted by molar-refractivity contribution is 7.13. The number of hydrogen-bond acceptors (Lipinski definition) is 4. The molecule has 0 saturated heterocycles. The summed E-state index contributed by atoms with van der Waals surface area (Å²) >= 11 is 1.66. The molecule has 3 aromatic heterocycles.